The predicted molar refractivity (Wildman–Crippen MR) is 117 cm³/mol. The molecule has 3 aliphatic carbocycles. The third-order valence-corrected chi connectivity index (χ3v) is 7.53. The first kappa shape index (κ1) is 19.2. The molecule has 0 N–H and O–H groups in total. The first-order chi connectivity index (χ1) is 15.4. The summed E-state index contributed by atoms with van der Waals surface area (Å²) in [7, 11) is 0. The Bertz CT molecular complexity index is 1110. The van der Waals surface area contributed by atoms with Crippen molar-refractivity contribution in [3.05, 3.63) is 71.8 Å². The fourth-order valence-corrected chi connectivity index (χ4v) is 6.27. The van der Waals surface area contributed by atoms with E-state index in [0.29, 0.717) is 11.4 Å². The topological polar surface area (TPSA) is 74.8 Å². The lowest BCUT2D eigenvalue weighted by Gasteiger charge is -2.44. The minimum absolute atomic E-state index is 0.266. The van der Waals surface area contributed by atoms with E-state index >= 15 is 0 Å². The molecule has 1 saturated carbocycles. The summed E-state index contributed by atoms with van der Waals surface area (Å²) in [5.41, 5.74) is 3.01. The van der Waals surface area contributed by atoms with Gasteiger partial charge in [0, 0.05) is 11.8 Å². The van der Waals surface area contributed by atoms with Gasteiger partial charge in [0.15, 0.2) is 0 Å². The van der Waals surface area contributed by atoms with Crippen molar-refractivity contribution in [2.24, 2.45) is 35.5 Å². The molecule has 4 amide bonds. The number of carbonyl (C=O) groups excluding carboxylic acids is 4. The van der Waals surface area contributed by atoms with Crippen LogP contribution >= 0.6 is 0 Å². The molecule has 0 radical (unpaired) electrons. The van der Waals surface area contributed by atoms with Gasteiger partial charge in [-0.25, -0.2) is 0 Å². The van der Waals surface area contributed by atoms with Crippen LogP contribution < -0.4 is 9.80 Å². The van der Waals surface area contributed by atoms with Gasteiger partial charge in [-0.05, 0) is 49.2 Å². The summed E-state index contributed by atoms with van der Waals surface area (Å²) >= 11 is 0. The number of aryl methyl sites for hydroxylation is 2. The van der Waals surface area contributed by atoms with E-state index in [1.165, 1.54) is 9.80 Å². The molecule has 0 spiro atoms. The van der Waals surface area contributed by atoms with E-state index in [1.807, 2.05) is 62.4 Å². The van der Waals surface area contributed by atoms with E-state index in [0.717, 1.165) is 11.1 Å². The number of amides is 4. The van der Waals surface area contributed by atoms with Crippen LogP contribution in [0.2, 0.25) is 0 Å². The fraction of sp³-hybridized carbons (Fsp3) is 0.308. The molecular formula is C26H22N2O4. The van der Waals surface area contributed by atoms with Crippen molar-refractivity contribution in [2.75, 3.05) is 9.80 Å². The van der Waals surface area contributed by atoms with Gasteiger partial charge in [-0.3, -0.25) is 29.0 Å². The number of imide groups is 2. The maximum absolute atomic E-state index is 13.5. The Morgan fingerprint density at radius 1 is 0.562 bits per heavy atom. The first-order valence-electron chi connectivity index (χ1n) is 11.0. The number of allylic oxidation sites excluding steroid dienone is 2. The van der Waals surface area contributed by atoms with Gasteiger partial charge < -0.3 is 0 Å². The number of anilines is 2. The molecule has 2 bridgehead atoms. The Hall–Kier alpha value is -3.54. The second kappa shape index (κ2) is 6.48. The van der Waals surface area contributed by atoms with Gasteiger partial charge in [0.2, 0.25) is 23.6 Å². The molecule has 2 aliphatic heterocycles. The number of benzene rings is 2. The molecule has 0 aromatic heterocycles. The van der Waals surface area contributed by atoms with Gasteiger partial charge in [0.05, 0.1) is 35.0 Å². The molecule has 5 aliphatic rings. The van der Waals surface area contributed by atoms with Crippen LogP contribution in [0.5, 0.6) is 0 Å². The summed E-state index contributed by atoms with van der Waals surface area (Å²) in [4.78, 5) is 56.5. The Morgan fingerprint density at radius 3 is 1.22 bits per heavy atom. The van der Waals surface area contributed by atoms with Gasteiger partial charge in [0.25, 0.3) is 0 Å². The van der Waals surface area contributed by atoms with Crippen LogP contribution in [-0.2, 0) is 19.2 Å². The Morgan fingerprint density at radius 2 is 0.906 bits per heavy atom. The highest BCUT2D eigenvalue weighted by Gasteiger charge is 2.68. The van der Waals surface area contributed by atoms with E-state index in [4.69, 9.17) is 0 Å². The molecule has 7 rings (SSSR count). The summed E-state index contributed by atoms with van der Waals surface area (Å²) in [5.74, 6) is -4.38. The second-order valence-corrected chi connectivity index (χ2v) is 9.34. The Balaban J connectivity index is 1.41. The highest BCUT2D eigenvalue weighted by Crippen LogP contribution is 2.58. The molecule has 2 aromatic carbocycles. The minimum Gasteiger partial charge on any atom is -0.274 e. The number of carbonyl (C=O) groups is 4. The molecule has 0 unspecified atom stereocenters. The van der Waals surface area contributed by atoms with Crippen LogP contribution in [-0.4, -0.2) is 23.6 Å². The van der Waals surface area contributed by atoms with Gasteiger partial charge >= 0.3 is 0 Å². The van der Waals surface area contributed by atoms with E-state index in [1.54, 1.807) is 12.1 Å². The van der Waals surface area contributed by atoms with Gasteiger partial charge in [0.1, 0.15) is 0 Å². The number of rotatable bonds is 2. The van der Waals surface area contributed by atoms with Crippen molar-refractivity contribution in [1.29, 1.82) is 0 Å². The van der Waals surface area contributed by atoms with Gasteiger partial charge in [-0.1, -0.05) is 36.4 Å². The maximum Gasteiger partial charge on any atom is 0.238 e. The molecule has 2 aromatic rings. The van der Waals surface area contributed by atoms with Crippen LogP contribution in [0.15, 0.2) is 60.7 Å². The zero-order chi connectivity index (χ0) is 22.3. The maximum atomic E-state index is 13.5. The lowest BCUT2D eigenvalue weighted by atomic mass is 9.54. The zero-order valence-electron chi connectivity index (χ0n) is 17.8. The zero-order valence-corrected chi connectivity index (χ0v) is 17.8. The highest BCUT2D eigenvalue weighted by molar-refractivity contribution is 6.26. The average Bonchev–Trinajstić information content (AvgIpc) is 3.21. The van der Waals surface area contributed by atoms with Crippen molar-refractivity contribution < 1.29 is 19.2 Å². The second-order valence-electron chi connectivity index (χ2n) is 9.34. The van der Waals surface area contributed by atoms with Crippen molar-refractivity contribution in [3.8, 4) is 0 Å². The first-order valence-corrected chi connectivity index (χ1v) is 11.0. The molecular weight excluding hydrogens is 404 g/mol. The standard InChI is InChI=1S/C26H22N2O4/c1-13-5-3-7-15(11-13)27-23(29)19-17-9-10-18(20(19)24(27)30)22-21(17)25(31)28(26(22)32)16-8-4-6-14(2)12-16/h3-12,17-22H,1-2H3/t17?,18?,19-,20+,21-,22+. The number of hydrogen-bond acceptors (Lipinski definition) is 4. The van der Waals surface area contributed by atoms with Crippen LogP contribution in [0.4, 0.5) is 11.4 Å². The Labute approximate surface area is 185 Å². The molecule has 4 atom stereocenters. The summed E-state index contributed by atoms with van der Waals surface area (Å²) < 4.78 is 0. The predicted octanol–water partition coefficient (Wildman–Crippen LogP) is 3.03. The third-order valence-electron chi connectivity index (χ3n) is 7.53. The molecule has 2 heterocycles. The lowest BCUT2D eigenvalue weighted by Crippen LogP contribution is -2.50. The highest BCUT2D eigenvalue weighted by atomic mass is 16.2. The van der Waals surface area contributed by atoms with Crippen molar-refractivity contribution in [3.63, 3.8) is 0 Å². The largest absolute Gasteiger partial charge is 0.274 e. The molecule has 6 nitrogen and oxygen atoms in total. The van der Waals surface area contributed by atoms with Gasteiger partial charge in [-0.15, -0.1) is 0 Å². The van der Waals surface area contributed by atoms with Gasteiger partial charge in [-0.2, -0.15) is 0 Å². The number of hydrogen-bond donors (Lipinski definition) is 0. The fourth-order valence-electron chi connectivity index (χ4n) is 6.27. The molecule has 3 fully saturated rings. The van der Waals surface area contributed by atoms with E-state index < -0.39 is 35.5 Å². The smallest absolute Gasteiger partial charge is 0.238 e. The lowest BCUT2D eigenvalue weighted by molar-refractivity contribution is -0.137. The summed E-state index contributed by atoms with van der Waals surface area (Å²) in [6.07, 6.45) is 3.78. The Kier molecular flexibility index (Phi) is 3.88. The monoisotopic (exact) mass is 426 g/mol. The molecule has 160 valence electrons. The summed E-state index contributed by atoms with van der Waals surface area (Å²) in [6, 6.07) is 14.6. The quantitative estimate of drug-likeness (QED) is 0.547. The SMILES string of the molecule is Cc1cccc(N2C(=O)[C@@H]3C4C=CC([C@@H]3C2=O)[C@@H]2C(=O)N(c3cccc(C)c3)C(=O)[C@H]42)c1. The van der Waals surface area contributed by atoms with Crippen LogP contribution in [0, 0.1) is 49.4 Å². The van der Waals surface area contributed by atoms with Crippen molar-refractivity contribution in [2.45, 2.75) is 13.8 Å². The van der Waals surface area contributed by atoms with Crippen LogP contribution in [0.25, 0.3) is 0 Å². The molecule has 2 saturated heterocycles. The molecule has 6 heteroatoms. The van der Waals surface area contributed by atoms with Crippen molar-refractivity contribution in [1.82, 2.24) is 0 Å². The molecule has 32 heavy (non-hydrogen) atoms. The van der Waals surface area contributed by atoms with E-state index in [9.17, 15) is 19.2 Å². The average molecular weight is 426 g/mol. The number of nitrogens with zero attached hydrogens (tertiary/aromatic N) is 2. The van der Waals surface area contributed by atoms with Crippen LogP contribution in [0.1, 0.15) is 11.1 Å². The third kappa shape index (κ3) is 2.35. The minimum atomic E-state index is -0.603. The summed E-state index contributed by atoms with van der Waals surface area (Å²) in [5, 5.41) is 0. The van der Waals surface area contributed by atoms with Crippen LogP contribution in [0.3, 0.4) is 0 Å². The summed E-state index contributed by atoms with van der Waals surface area (Å²) in [6.45, 7) is 3.82. The van der Waals surface area contributed by atoms with E-state index in [-0.39, 0.29) is 23.6 Å². The normalized spacial score (nSPS) is 32.7. The van der Waals surface area contributed by atoms with Crippen molar-refractivity contribution >= 4 is 35.0 Å². The van der Waals surface area contributed by atoms with E-state index in [2.05, 4.69) is 0 Å².